The normalized spacial score (nSPS) is 11.8. The lowest BCUT2D eigenvalue weighted by Crippen LogP contribution is -2.31. The van der Waals surface area contributed by atoms with Crippen LogP contribution in [-0.4, -0.2) is 33.4 Å². The van der Waals surface area contributed by atoms with Crippen molar-refractivity contribution in [2.24, 2.45) is 0 Å². The summed E-state index contributed by atoms with van der Waals surface area (Å²) in [6.45, 7) is 4.24. The first kappa shape index (κ1) is 17.4. The molecule has 1 atom stereocenters. The van der Waals surface area contributed by atoms with E-state index < -0.39 is 0 Å². The Balaban J connectivity index is 1.69. The number of benzene rings is 1. The number of hydrogen-bond acceptors (Lipinski definition) is 4. The number of pyridine rings is 1. The van der Waals surface area contributed by atoms with Gasteiger partial charge in [-0.15, -0.1) is 0 Å². The maximum Gasteiger partial charge on any atom is 0.342 e. The molecule has 0 unspecified atom stereocenters. The van der Waals surface area contributed by atoms with Crippen LogP contribution < -0.4 is 16.0 Å². The molecule has 1 aromatic carbocycles. The average Bonchev–Trinajstić information content (AvgIpc) is 3.06. The highest BCUT2D eigenvalue weighted by Gasteiger charge is 2.13. The van der Waals surface area contributed by atoms with Gasteiger partial charge in [-0.25, -0.2) is 14.6 Å². The first-order valence-electron chi connectivity index (χ1n) is 8.33. The minimum Gasteiger partial charge on any atom is -0.336 e. The van der Waals surface area contributed by atoms with Gasteiger partial charge in [0.15, 0.2) is 0 Å². The number of fused-ring (bicyclic) bond motifs is 1. The predicted molar refractivity (Wildman–Crippen MR) is 99.0 cm³/mol. The van der Waals surface area contributed by atoms with Gasteiger partial charge in [-0.1, -0.05) is 30.3 Å². The first-order valence-corrected chi connectivity index (χ1v) is 8.33. The van der Waals surface area contributed by atoms with E-state index in [-0.39, 0.29) is 18.1 Å². The van der Waals surface area contributed by atoms with Gasteiger partial charge in [-0.2, -0.15) is 9.78 Å². The lowest BCUT2D eigenvalue weighted by atomic mass is 10.1. The smallest absolute Gasteiger partial charge is 0.336 e. The van der Waals surface area contributed by atoms with Crippen molar-refractivity contribution in [3.8, 4) is 0 Å². The molecule has 0 bridgehead atoms. The van der Waals surface area contributed by atoms with E-state index in [1.165, 1.54) is 10.9 Å². The lowest BCUT2D eigenvalue weighted by Gasteiger charge is -2.14. The highest BCUT2D eigenvalue weighted by molar-refractivity contribution is 5.93. The Bertz CT molecular complexity index is 922. The molecular formula is C18H20N6O2. The quantitative estimate of drug-likeness (QED) is 0.672. The van der Waals surface area contributed by atoms with Crippen LogP contribution in [0.2, 0.25) is 0 Å². The number of rotatable bonds is 4. The van der Waals surface area contributed by atoms with Gasteiger partial charge in [0.1, 0.15) is 5.82 Å². The molecule has 0 spiro atoms. The molecule has 26 heavy (non-hydrogen) atoms. The minimum absolute atomic E-state index is 0.138. The van der Waals surface area contributed by atoms with Crippen molar-refractivity contribution in [3.05, 3.63) is 54.4 Å². The second-order valence-electron chi connectivity index (χ2n) is 5.75. The minimum atomic E-state index is -0.357. The number of amides is 3. The number of aromatic nitrogens is 3. The zero-order valence-corrected chi connectivity index (χ0v) is 14.6. The van der Waals surface area contributed by atoms with Crippen molar-refractivity contribution in [1.82, 2.24) is 25.4 Å². The van der Waals surface area contributed by atoms with Crippen molar-refractivity contribution < 1.29 is 9.59 Å². The Hall–Kier alpha value is -3.42. The van der Waals surface area contributed by atoms with Crippen molar-refractivity contribution in [3.63, 3.8) is 0 Å². The summed E-state index contributed by atoms with van der Waals surface area (Å²) in [6, 6.07) is 10.5. The summed E-state index contributed by atoms with van der Waals surface area (Å²) >= 11 is 0. The molecule has 0 radical (unpaired) electrons. The van der Waals surface area contributed by atoms with Gasteiger partial charge < -0.3 is 10.6 Å². The summed E-state index contributed by atoms with van der Waals surface area (Å²) in [6.07, 6.45) is 3.07. The van der Waals surface area contributed by atoms with E-state index in [1.807, 2.05) is 44.2 Å². The largest absolute Gasteiger partial charge is 0.342 e. The Morgan fingerprint density at radius 1 is 1.19 bits per heavy atom. The summed E-state index contributed by atoms with van der Waals surface area (Å²) in [5.74, 6) is 0.380. The molecule has 0 fully saturated rings. The molecule has 2 aromatic heterocycles. The van der Waals surface area contributed by atoms with Crippen molar-refractivity contribution >= 4 is 28.8 Å². The topological polar surface area (TPSA) is 101 Å². The van der Waals surface area contributed by atoms with Crippen LogP contribution in [0.3, 0.4) is 0 Å². The van der Waals surface area contributed by atoms with E-state index in [0.717, 1.165) is 5.56 Å². The molecule has 3 aromatic rings. The van der Waals surface area contributed by atoms with Crippen molar-refractivity contribution in [2.75, 3.05) is 11.9 Å². The number of hydrogen-bond donors (Lipinski definition) is 3. The van der Waals surface area contributed by atoms with Crippen LogP contribution in [0.4, 0.5) is 15.4 Å². The van der Waals surface area contributed by atoms with Crippen LogP contribution in [0.15, 0.2) is 48.8 Å². The SMILES string of the molecule is CCNC(=O)n1ncc2cc(NC(=O)N[C@H](C)c3ccccc3)ncc21. The third kappa shape index (κ3) is 3.80. The molecule has 0 saturated heterocycles. The van der Waals surface area contributed by atoms with Gasteiger partial charge in [0, 0.05) is 11.9 Å². The van der Waals surface area contributed by atoms with E-state index in [9.17, 15) is 9.59 Å². The van der Waals surface area contributed by atoms with Gasteiger partial charge in [-0.3, -0.25) is 5.32 Å². The number of carbonyl (C=O) groups is 2. The van der Waals surface area contributed by atoms with E-state index >= 15 is 0 Å². The molecule has 8 heteroatoms. The zero-order valence-electron chi connectivity index (χ0n) is 14.6. The third-order valence-electron chi connectivity index (χ3n) is 3.86. The fraction of sp³-hybridized carbons (Fsp3) is 0.222. The fourth-order valence-electron chi connectivity index (χ4n) is 2.56. The fourth-order valence-corrected chi connectivity index (χ4v) is 2.56. The standard InChI is InChI=1S/C18H20N6O2/c1-3-19-18(26)24-15-11-20-16(9-14(15)10-21-24)23-17(25)22-12(2)13-7-5-4-6-8-13/h4-12H,3H2,1-2H3,(H,19,26)(H2,20,22,23,25)/t12-/m1/s1. The van der Waals surface area contributed by atoms with E-state index in [1.54, 1.807) is 12.3 Å². The number of nitrogens with zero attached hydrogens (tertiary/aromatic N) is 3. The predicted octanol–water partition coefficient (Wildman–Crippen LogP) is 2.89. The number of urea groups is 1. The molecule has 3 amide bonds. The van der Waals surface area contributed by atoms with Crippen LogP contribution in [0.1, 0.15) is 25.5 Å². The summed E-state index contributed by atoms with van der Waals surface area (Å²) < 4.78 is 1.24. The second-order valence-corrected chi connectivity index (χ2v) is 5.75. The van der Waals surface area contributed by atoms with Crippen LogP contribution in [-0.2, 0) is 0 Å². The van der Waals surface area contributed by atoms with E-state index in [4.69, 9.17) is 0 Å². The number of nitrogens with one attached hydrogen (secondary N) is 3. The maximum atomic E-state index is 12.2. The average molecular weight is 352 g/mol. The molecule has 0 aliphatic heterocycles. The highest BCUT2D eigenvalue weighted by Crippen LogP contribution is 2.17. The van der Waals surface area contributed by atoms with Gasteiger partial charge in [0.05, 0.1) is 24.0 Å². The molecule has 134 valence electrons. The Morgan fingerprint density at radius 2 is 1.96 bits per heavy atom. The molecule has 0 saturated carbocycles. The highest BCUT2D eigenvalue weighted by atomic mass is 16.2. The molecule has 0 aliphatic carbocycles. The van der Waals surface area contributed by atoms with Gasteiger partial charge in [0.2, 0.25) is 0 Å². The number of carbonyl (C=O) groups excluding carboxylic acids is 2. The summed E-state index contributed by atoms with van der Waals surface area (Å²) in [5.41, 5.74) is 1.58. The molecular weight excluding hydrogens is 332 g/mol. The summed E-state index contributed by atoms with van der Waals surface area (Å²) in [5, 5.41) is 13.0. The Labute approximate surface area is 150 Å². The molecule has 8 nitrogen and oxygen atoms in total. The monoisotopic (exact) mass is 352 g/mol. The second kappa shape index (κ2) is 7.64. The first-order chi connectivity index (χ1) is 12.6. The van der Waals surface area contributed by atoms with Crippen LogP contribution in [0.5, 0.6) is 0 Å². The molecule has 0 aliphatic rings. The van der Waals surface area contributed by atoms with Gasteiger partial charge in [0.25, 0.3) is 0 Å². The number of anilines is 1. The van der Waals surface area contributed by atoms with Crippen molar-refractivity contribution in [1.29, 1.82) is 0 Å². The third-order valence-corrected chi connectivity index (χ3v) is 3.86. The van der Waals surface area contributed by atoms with E-state index in [2.05, 4.69) is 26.0 Å². The van der Waals surface area contributed by atoms with Gasteiger partial charge >= 0.3 is 12.1 Å². The van der Waals surface area contributed by atoms with Gasteiger partial charge in [-0.05, 0) is 25.5 Å². The summed E-state index contributed by atoms with van der Waals surface area (Å²) in [4.78, 5) is 28.3. The summed E-state index contributed by atoms with van der Waals surface area (Å²) in [7, 11) is 0. The Morgan fingerprint density at radius 3 is 2.69 bits per heavy atom. The van der Waals surface area contributed by atoms with E-state index in [0.29, 0.717) is 23.3 Å². The van der Waals surface area contributed by atoms with Crippen molar-refractivity contribution in [2.45, 2.75) is 19.9 Å². The molecule has 3 N–H and O–H groups in total. The Kier molecular flexibility index (Phi) is 5.12. The van der Waals surface area contributed by atoms with Crippen LogP contribution >= 0.6 is 0 Å². The van der Waals surface area contributed by atoms with Crippen LogP contribution in [0, 0.1) is 0 Å². The molecule has 2 heterocycles. The molecule has 3 rings (SSSR count). The lowest BCUT2D eigenvalue weighted by molar-refractivity contribution is 0.241. The maximum absolute atomic E-state index is 12.2. The van der Waals surface area contributed by atoms with Crippen LogP contribution in [0.25, 0.3) is 10.9 Å². The zero-order chi connectivity index (χ0) is 18.5.